The summed E-state index contributed by atoms with van der Waals surface area (Å²) in [4.78, 5) is 4.56. The molecule has 1 aliphatic heterocycles. The lowest BCUT2D eigenvalue weighted by atomic mass is 10.0. The van der Waals surface area contributed by atoms with Crippen LogP contribution < -0.4 is 15.4 Å². The Morgan fingerprint density at radius 3 is 2.75 bits per heavy atom. The molecule has 0 aromatic heterocycles. The van der Waals surface area contributed by atoms with Crippen LogP contribution in [0.1, 0.15) is 31.7 Å². The molecule has 7 nitrogen and oxygen atoms in total. The molecule has 0 aliphatic carbocycles. The number of nitrogens with zero attached hydrogens (tertiary/aromatic N) is 1. The topological polar surface area (TPSA) is 84.3 Å². The number of aliphatic imine (C=N–C) groups is 1. The second-order valence-electron chi connectivity index (χ2n) is 6.61. The van der Waals surface area contributed by atoms with E-state index in [2.05, 4.69) is 15.6 Å². The van der Waals surface area contributed by atoms with Crippen LogP contribution >= 0.6 is 24.0 Å². The van der Waals surface area contributed by atoms with Crippen LogP contribution in [0.2, 0.25) is 0 Å². The Morgan fingerprint density at radius 1 is 1.29 bits per heavy atom. The third kappa shape index (κ3) is 9.29. The highest BCUT2D eigenvalue weighted by Gasteiger charge is 2.13. The molecule has 0 amide bonds. The van der Waals surface area contributed by atoms with Gasteiger partial charge in [-0.15, -0.1) is 24.0 Å². The van der Waals surface area contributed by atoms with Crippen LogP contribution in [-0.2, 0) is 16.0 Å². The van der Waals surface area contributed by atoms with Crippen molar-refractivity contribution in [3.63, 3.8) is 0 Å². The van der Waals surface area contributed by atoms with E-state index in [4.69, 9.17) is 14.2 Å². The number of hydrogen-bond donors (Lipinski definition) is 3. The van der Waals surface area contributed by atoms with Gasteiger partial charge in [0.2, 0.25) is 0 Å². The highest BCUT2D eigenvalue weighted by molar-refractivity contribution is 14.0. The molecule has 1 saturated heterocycles. The van der Waals surface area contributed by atoms with Gasteiger partial charge in [-0.2, -0.15) is 0 Å². The third-order valence-electron chi connectivity index (χ3n) is 4.46. The summed E-state index contributed by atoms with van der Waals surface area (Å²) >= 11 is 0. The fourth-order valence-corrected chi connectivity index (χ4v) is 2.89. The molecule has 1 fully saturated rings. The fourth-order valence-electron chi connectivity index (χ4n) is 2.89. The maximum absolute atomic E-state index is 9.85. The summed E-state index contributed by atoms with van der Waals surface area (Å²) in [6.45, 7) is 7.41. The van der Waals surface area contributed by atoms with Gasteiger partial charge >= 0.3 is 0 Å². The third-order valence-corrected chi connectivity index (χ3v) is 4.46. The number of hydrogen-bond acceptors (Lipinski definition) is 5. The normalized spacial score (nSPS) is 15.0. The van der Waals surface area contributed by atoms with E-state index in [1.54, 1.807) is 12.1 Å². The molecular formula is C20H34IN3O4. The second-order valence-corrected chi connectivity index (χ2v) is 6.61. The molecule has 0 saturated carbocycles. The van der Waals surface area contributed by atoms with Gasteiger partial charge in [0.25, 0.3) is 0 Å². The van der Waals surface area contributed by atoms with Crippen molar-refractivity contribution in [3.8, 4) is 11.5 Å². The van der Waals surface area contributed by atoms with Crippen molar-refractivity contribution in [2.24, 2.45) is 10.9 Å². The fraction of sp³-hybridized carbons (Fsp3) is 0.650. The average molecular weight is 507 g/mol. The minimum absolute atomic E-state index is 0. The summed E-state index contributed by atoms with van der Waals surface area (Å²) in [6.07, 6.45) is 3.14. The molecule has 0 unspecified atom stereocenters. The molecule has 1 heterocycles. The standard InChI is InChI=1S/C20H33N3O4.HI/c1-3-21-20(23-14-17-5-6-19(25-2)18(24)13-17)22-9-4-10-27-15-16-7-11-26-12-8-16;/h5-6,13,16,24H,3-4,7-12,14-15H2,1-2H3,(H2,21,22,23);1H. The van der Waals surface area contributed by atoms with Crippen LogP contribution in [0.15, 0.2) is 23.2 Å². The van der Waals surface area contributed by atoms with Crippen molar-refractivity contribution in [2.75, 3.05) is 46.6 Å². The first-order valence-corrected chi connectivity index (χ1v) is 9.76. The van der Waals surface area contributed by atoms with Gasteiger partial charge in [-0.05, 0) is 49.8 Å². The van der Waals surface area contributed by atoms with Gasteiger partial charge in [0.05, 0.1) is 13.7 Å². The Hall–Kier alpha value is -1.26. The SMILES string of the molecule is CCNC(=NCc1ccc(OC)c(O)c1)NCCCOCC1CCOCC1.I. The molecule has 2 rings (SSSR count). The summed E-state index contributed by atoms with van der Waals surface area (Å²) in [5, 5.41) is 16.4. The van der Waals surface area contributed by atoms with E-state index in [1.807, 2.05) is 13.0 Å². The predicted octanol–water partition coefficient (Wildman–Crippen LogP) is 2.91. The molecule has 1 aliphatic rings. The van der Waals surface area contributed by atoms with Crippen molar-refractivity contribution in [1.29, 1.82) is 0 Å². The molecule has 0 spiro atoms. The predicted molar refractivity (Wildman–Crippen MR) is 122 cm³/mol. The van der Waals surface area contributed by atoms with Crippen LogP contribution in [-0.4, -0.2) is 57.7 Å². The Balaban J connectivity index is 0.00000392. The van der Waals surface area contributed by atoms with E-state index < -0.39 is 0 Å². The summed E-state index contributed by atoms with van der Waals surface area (Å²) < 4.78 is 16.2. The van der Waals surface area contributed by atoms with Crippen molar-refractivity contribution < 1.29 is 19.3 Å². The van der Waals surface area contributed by atoms with Gasteiger partial charge in [0.15, 0.2) is 17.5 Å². The first kappa shape index (κ1) is 24.8. The zero-order valence-corrected chi connectivity index (χ0v) is 19.2. The van der Waals surface area contributed by atoms with Crippen LogP contribution in [0, 0.1) is 5.92 Å². The van der Waals surface area contributed by atoms with E-state index in [0.717, 1.165) is 70.3 Å². The first-order valence-electron chi connectivity index (χ1n) is 9.76. The van der Waals surface area contributed by atoms with Crippen LogP contribution in [0.5, 0.6) is 11.5 Å². The zero-order chi connectivity index (χ0) is 19.3. The summed E-state index contributed by atoms with van der Waals surface area (Å²) in [7, 11) is 1.54. The van der Waals surface area contributed by atoms with Gasteiger partial charge < -0.3 is 30.0 Å². The average Bonchev–Trinajstić information content (AvgIpc) is 2.69. The number of methoxy groups -OCH3 is 1. The van der Waals surface area contributed by atoms with E-state index in [0.29, 0.717) is 18.2 Å². The lowest BCUT2D eigenvalue weighted by Crippen LogP contribution is -2.38. The Labute approximate surface area is 185 Å². The Bertz CT molecular complexity index is 581. The van der Waals surface area contributed by atoms with Crippen molar-refractivity contribution in [1.82, 2.24) is 10.6 Å². The largest absolute Gasteiger partial charge is 0.504 e. The van der Waals surface area contributed by atoms with Gasteiger partial charge in [-0.25, -0.2) is 4.99 Å². The number of nitrogens with one attached hydrogen (secondary N) is 2. The van der Waals surface area contributed by atoms with Crippen molar-refractivity contribution in [3.05, 3.63) is 23.8 Å². The first-order chi connectivity index (χ1) is 13.2. The molecule has 0 bridgehead atoms. The van der Waals surface area contributed by atoms with Gasteiger partial charge in [0.1, 0.15) is 0 Å². The number of phenols is 1. The molecule has 1 aromatic rings. The van der Waals surface area contributed by atoms with E-state index in [1.165, 1.54) is 7.11 Å². The molecule has 1 aromatic carbocycles. The Kier molecular flexibility index (Phi) is 13.0. The minimum atomic E-state index is 0. The monoisotopic (exact) mass is 507 g/mol. The van der Waals surface area contributed by atoms with Crippen molar-refractivity contribution >= 4 is 29.9 Å². The van der Waals surface area contributed by atoms with Crippen LogP contribution in [0.3, 0.4) is 0 Å². The van der Waals surface area contributed by atoms with Crippen LogP contribution in [0.4, 0.5) is 0 Å². The molecule has 0 atom stereocenters. The lowest BCUT2D eigenvalue weighted by Gasteiger charge is -2.21. The Morgan fingerprint density at radius 2 is 2.07 bits per heavy atom. The molecule has 28 heavy (non-hydrogen) atoms. The highest BCUT2D eigenvalue weighted by atomic mass is 127. The summed E-state index contributed by atoms with van der Waals surface area (Å²) in [5.41, 5.74) is 0.922. The number of phenolic OH excluding ortho intramolecular Hbond substituents is 1. The second kappa shape index (κ2) is 14.7. The molecule has 0 radical (unpaired) electrons. The van der Waals surface area contributed by atoms with E-state index in [-0.39, 0.29) is 29.7 Å². The van der Waals surface area contributed by atoms with E-state index >= 15 is 0 Å². The highest BCUT2D eigenvalue weighted by Crippen LogP contribution is 2.26. The number of benzene rings is 1. The molecular weight excluding hydrogens is 473 g/mol. The number of rotatable bonds is 10. The summed E-state index contributed by atoms with van der Waals surface area (Å²) in [6, 6.07) is 5.32. The lowest BCUT2D eigenvalue weighted by molar-refractivity contribution is 0.0203. The van der Waals surface area contributed by atoms with Gasteiger partial charge in [-0.3, -0.25) is 0 Å². The van der Waals surface area contributed by atoms with Crippen molar-refractivity contribution in [2.45, 2.75) is 32.7 Å². The molecule has 160 valence electrons. The van der Waals surface area contributed by atoms with Crippen LogP contribution in [0.25, 0.3) is 0 Å². The number of guanidine groups is 1. The number of ether oxygens (including phenoxy) is 3. The number of aromatic hydroxyl groups is 1. The minimum Gasteiger partial charge on any atom is -0.504 e. The summed E-state index contributed by atoms with van der Waals surface area (Å²) in [5.74, 6) is 2.00. The molecule has 8 heteroatoms. The molecule has 3 N–H and O–H groups in total. The zero-order valence-electron chi connectivity index (χ0n) is 16.9. The maximum atomic E-state index is 9.85. The van der Waals surface area contributed by atoms with Gasteiger partial charge in [-0.1, -0.05) is 6.07 Å². The van der Waals surface area contributed by atoms with E-state index in [9.17, 15) is 5.11 Å². The van der Waals surface area contributed by atoms with Gasteiger partial charge in [0, 0.05) is 39.5 Å². The maximum Gasteiger partial charge on any atom is 0.191 e. The quantitative estimate of drug-likeness (QED) is 0.196. The smallest absolute Gasteiger partial charge is 0.191 e. The number of halogens is 1.